The largest absolute Gasteiger partial charge is 0.481 e. The van der Waals surface area contributed by atoms with Crippen molar-refractivity contribution in [1.29, 1.82) is 0 Å². The summed E-state index contributed by atoms with van der Waals surface area (Å²) in [5.74, 6) is -0.717. The van der Waals surface area contributed by atoms with Gasteiger partial charge in [-0.3, -0.25) is 9.59 Å². The lowest BCUT2D eigenvalue weighted by atomic mass is 10.1. The van der Waals surface area contributed by atoms with Gasteiger partial charge in [0.1, 0.15) is 5.76 Å². The fourth-order valence-electron chi connectivity index (χ4n) is 1.13. The molecular weight excluding hydrogens is 212 g/mol. The Kier molecular flexibility index (Phi) is 4.53. The van der Waals surface area contributed by atoms with Crippen molar-refractivity contribution in [3.05, 3.63) is 24.2 Å². The molecule has 0 saturated heterocycles. The first-order valence-corrected chi connectivity index (χ1v) is 4.87. The lowest BCUT2D eigenvalue weighted by molar-refractivity contribution is -0.137. The highest BCUT2D eigenvalue weighted by atomic mass is 16.4. The first kappa shape index (κ1) is 12.3. The van der Waals surface area contributed by atoms with E-state index < -0.39 is 12.0 Å². The number of nitrogens with two attached hydrogens (primary N) is 1. The Morgan fingerprint density at radius 1 is 1.56 bits per heavy atom. The smallest absolute Gasteiger partial charge is 0.303 e. The van der Waals surface area contributed by atoms with Crippen LogP contribution in [0.2, 0.25) is 0 Å². The van der Waals surface area contributed by atoms with Crippen LogP contribution in [0.25, 0.3) is 0 Å². The molecule has 1 aromatic rings. The van der Waals surface area contributed by atoms with Crippen LogP contribution < -0.4 is 11.1 Å². The monoisotopic (exact) mass is 226 g/mol. The van der Waals surface area contributed by atoms with E-state index in [2.05, 4.69) is 5.32 Å². The second-order valence-corrected chi connectivity index (χ2v) is 3.34. The quantitative estimate of drug-likeness (QED) is 0.637. The molecule has 0 aliphatic carbocycles. The zero-order valence-electron chi connectivity index (χ0n) is 8.68. The predicted octanol–water partition coefficient (Wildman–Crippen LogP) is 0.0879. The van der Waals surface area contributed by atoms with Crippen LogP contribution in [-0.4, -0.2) is 23.0 Å². The number of carbonyl (C=O) groups excluding carboxylic acids is 1. The highest BCUT2D eigenvalue weighted by Crippen LogP contribution is 2.00. The maximum absolute atomic E-state index is 11.4. The van der Waals surface area contributed by atoms with Gasteiger partial charge in [0.2, 0.25) is 5.91 Å². The molecule has 1 heterocycles. The maximum atomic E-state index is 11.4. The molecule has 1 unspecified atom stereocenters. The van der Waals surface area contributed by atoms with Crippen LogP contribution in [0.5, 0.6) is 0 Å². The zero-order chi connectivity index (χ0) is 12.0. The van der Waals surface area contributed by atoms with E-state index in [1.165, 1.54) is 6.26 Å². The number of carboxylic acid groups (broad SMARTS) is 1. The molecule has 0 aliphatic heterocycles. The minimum Gasteiger partial charge on any atom is -0.481 e. The molecule has 1 amide bonds. The Morgan fingerprint density at radius 3 is 2.88 bits per heavy atom. The molecule has 0 fully saturated rings. The maximum Gasteiger partial charge on any atom is 0.303 e. The van der Waals surface area contributed by atoms with E-state index in [0.717, 1.165) is 0 Å². The molecule has 0 radical (unpaired) electrons. The van der Waals surface area contributed by atoms with E-state index in [-0.39, 0.29) is 25.3 Å². The highest BCUT2D eigenvalue weighted by Gasteiger charge is 2.14. The van der Waals surface area contributed by atoms with Crippen molar-refractivity contribution in [1.82, 2.24) is 5.32 Å². The molecule has 1 atom stereocenters. The number of hydrogen-bond donors (Lipinski definition) is 3. The van der Waals surface area contributed by atoms with E-state index in [1.54, 1.807) is 12.1 Å². The molecule has 88 valence electrons. The number of carbonyl (C=O) groups is 2. The number of rotatable bonds is 6. The van der Waals surface area contributed by atoms with Gasteiger partial charge in [-0.1, -0.05) is 0 Å². The Morgan fingerprint density at radius 2 is 2.31 bits per heavy atom. The molecule has 16 heavy (non-hydrogen) atoms. The standard InChI is InChI=1S/C10H14N2O4/c11-8(3-4-9(13)14)10(15)12-6-7-2-1-5-16-7/h1-2,5,8H,3-4,6,11H2,(H,12,15)(H,13,14). The third kappa shape index (κ3) is 4.14. The fraction of sp³-hybridized carbons (Fsp3) is 0.400. The normalized spacial score (nSPS) is 12.1. The van der Waals surface area contributed by atoms with Gasteiger partial charge >= 0.3 is 5.97 Å². The molecule has 0 spiro atoms. The molecule has 1 rings (SSSR count). The van der Waals surface area contributed by atoms with Crippen LogP contribution in [0.4, 0.5) is 0 Å². The van der Waals surface area contributed by atoms with Gasteiger partial charge in [0, 0.05) is 6.42 Å². The Hall–Kier alpha value is -1.82. The number of carboxylic acids is 1. The molecule has 0 aliphatic rings. The van der Waals surface area contributed by atoms with Crippen LogP contribution in [0.3, 0.4) is 0 Å². The predicted molar refractivity (Wildman–Crippen MR) is 55.4 cm³/mol. The number of nitrogens with one attached hydrogen (secondary N) is 1. The summed E-state index contributed by atoms with van der Waals surface area (Å²) in [7, 11) is 0. The molecule has 6 heteroatoms. The molecule has 0 bridgehead atoms. The van der Waals surface area contributed by atoms with Crippen molar-refractivity contribution in [3.63, 3.8) is 0 Å². The summed E-state index contributed by atoms with van der Waals surface area (Å²) in [4.78, 5) is 21.6. The summed E-state index contributed by atoms with van der Waals surface area (Å²) in [5.41, 5.74) is 5.50. The molecule has 6 nitrogen and oxygen atoms in total. The SMILES string of the molecule is NC(CCC(=O)O)C(=O)NCc1ccco1. The van der Waals surface area contributed by atoms with Crippen LogP contribution in [0.15, 0.2) is 22.8 Å². The summed E-state index contributed by atoms with van der Waals surface area (Å²) < 4.78 is 5.01. The van der Waals surface area contributed by atoms with E-state index in [4.69, 9.17) is 15.3 Å². The van der Waals surface area contributed by atoms with Crippen molar-refractivity contribution < 1.29 is 19.1 Å². The Bertz CT molecular complexity index is 348. The topological polar surface area (TPSA) is 106 Å². The molecule has 0 aromatic carbocycles. The molecule has 1 aromatic heterocycles. The first-order chi connectivity index (χ1) is 7.59. The van der Waals surface area contributed by atoms with Crippen molar-refractivity contribution in [2.45, 2.75) is 25.4 Å². The minimum absolute atomic E-state index is 0.116. The van der Waals surface area contributed by atoms with Crippen LogP contribution in [0.1, 0.15) is 18.6 Å². The van der Waals surface area contributed by atoms with Crippen molar-refractivity contribution in [2.75, 3.05) is 0 Å². The number of hydrogen-bond acceptors (Lipinski definition) is 4. The summed E-state index contributed by atoms with van der Waals surface area (Å²) >= 11 is 0. The molecule has 0 saturated carbocycles. The van der Waals surface area contributed by atoms with Crippen LogP contribution >= 0.6 is 0 Å². The van der Waals surface area contributed by atoms with E-state index in [1.807, 2.05) is 0 Å². The van der Waals surface area contributed by atoms with Gasteiger partial charge in [-0.15, -0.1) is 0 Å². The number of furan rings is 1. The second kappa shape index (κ2) is 5.92. The van der Waals surface area contributed by atoms with Gasteiger partial charge < -0.3 is 20.6 Å². The van der Waals surface area contributed by atoms with Crippen molar-refractivity contribution in [2.24, 2.45) is 5.73 Å². The van der Waals surface area contributed by atoms with E-state index in [0.29, 0.717) is 5.76 Å². The lowest BCUT2D eigenvalue weighted by Crippen LogP contribution is -2.40. The first-order valence-electron chi connectivity index (χ1n) is 4.87. The van der Waals surface area contributed by atoms with E-state index in [9.17, 15) is 9.59 Å². The fourth-order valence-corrected chi connectivity index (χ4v) is 1.13. The highest BCUT2D eigenvalue weighted by molar-refractivity contribution is 5.82. The number of amides is 1. The Balaban J connectivity index is 2.26. The van der Waals surface area contributed by atoms with Crippen LogP contribution in [-0.2, 0) is 16.1 Å². The Labute approximate surface area is 92.4 Å². The van der Waals surface area contributed by atoms with Gasteiger partial charge in [-0.05, 0) is 18.6 Å². The number of aliphatic carboxylic acids is 1. The third-order valence-electron chi connectivity index (χ3n) is 2.02. The lowest BCUT2D eigenvalue weighted by Gasteiger charge is -2.09. The summed E-state index contributed by atoms with van der Waals surface area (Å²) in [5, 5.41) is 11.0. The average Bonchev–Trinajstić information content (AvgIpc) is 2.75. The van der Waals surface area contributed by atoms with Gasteiger partial charge in [0.25, 0.3) is 0 Å². The summed E-state index contributed by atoms with van der Waals surface area (Å²) in [6, 6.07) is 2.64. The minimum atomic E-state index is -0.964. The second-order valence-electron chi connectivity index (χ2n) is 3.34. The van der Waals surface area contributed by atoms with Gasteiger partial charge in [-0.25, -0.2) is 0 Å². The van der Waals surface area contributed by atoms with Crippen molar-refractivity contribution >= 4 is 11.9 Å². The average molecular weight is 226 g/mol. The third-order valence-corrected chi connectivity index (χ3v) is 2.02. The van der Waals surface area contributed by atoms with Gasteiger partial charge in [0.15, 0.2) is 0 Å². The van der Waals surface area contributed by atoms with Gasteiger partial charge in [-0.2, -0.15) is 0 Å². The molecular formula is C10H14N2O4. The molecule has 4 N–H and O–H groups in total. The van der Waals surface area contributed by atoms with Gasteiger partial charge in [0.05, 0.1) is 18.8 Å². The zero-order valence-corrected chi connectivity index (χ0v) is 8.68. The van der Waals surface area contributed by atoms with Crippen LogP contribution in [0, 0.1) is 0 Å². The van der Waals surface area contributed by atoms with E-state index >= 15 is 0 Å². The summed E-state index contributed by atoms with van der Waals surface area (Å²) in [6.07, 6.45) is 1.51. The van der Waals surface area contributed by atoms with Crippen molar-refractivity contribution in [3.8, 4) is 0 Å². The summed E-state index contributed by atoms with van der Waals surface area (Å²) in [6.45, 7) is 0.257.